The number of hydrogen-bond donors (Lipinski definition) is 0. The van der Waals surface area contributed by atoms with Crippen LogP contribution in [0.1, 0.15) is 44.4 Å². The van der Waals surface area contributed by atoms with Gasteiger partial charge in [0.2, 0.25) is 0 Å². The predicted molar refractivity (Wildman–Crippen MR) is 114 cm³/mol. The maximum Gasteiger partial charge on any atom is 0.195 e. The molecule has 1 fully saturated rings. The van der Waals surface area contributed by atoms with Gasteiger partial charge in [-0.3, -0.25) is 0 Å². The first-order valence-electron chi connectivity index (χ1n) is 10.1. The Morgan fingerprint density at radius 1 is 0.964 bits per heavy atom. The highest BCUT2D eigenvalue weighted by Crippen LogP contribution is 2.35. The second-order valence-electron chi connectivity index (χ2n) is 7.56. The van der Waals surface area contributed by atoms with Crippen LogP contribution in [-0.4, -0.2) is 11.2 Å². The van der Waals surface area contributed by atoms with Gasteiger partial charge in [-0.05, 0) is 55.0 Å². The molecule has 0 aliphatic heterocycles. The molecule has 1 aliphatic carbocycles. The van der Waals surface area contributed by atoms with E-state index >= 15 is 0 Å². The molecule has 28 heavy (non-hydrogen) atoms. The minimum absolute atomic E-state index is 0.240. The van der Waals surface area contributed by atoms with Crippen molar-refractivity contribution in [3.05, 3.63) is 60.2 Å². The lowest BCUT2D eigenvalue weighted by molar-refractivity contribution is 0.329. The Hall–Kier alpha value is -2.07. The minimum Gasteiger partial charge on any atom is -0.440 e. The number of oxazole rings is 1. The summed E-state index contributed by atoms with van der Waals surface area (Å²) < 4.78 is 19.6. The topological polar surface area (TPSA) is 26.0 Å². The first kappa shape index (κ1) is 19.3. The van der Waals surface area contributed by atoms with E-state index in [4.69, 9.17) is 9.40 Å². The Bertz CT molecular complexity index is 895. The fraction of sp³-hybridized carbons (Fsp3) is 0.375. The normalized spacial score (nSPS) is 15.1. The number of thioether (sulfide) groups is 1. The summed E-state index contributed by atoms with van der Waals surface area (Å²) in [4.78, 5) is 6.03. The molecule has 1 saturated carbocycles. The van der Waals surface area contributed by atoms with Crippen molar-refractivity contribution in [1.82, 2.24) is 4.98 Å². The largest absolute Gasteiger partial charge is 0.440 e. The Morgan fingerprint density at radius 2 is 1.64 bits per heavy atom. The number of nitrogens with zero attached hydrogens (tertiary/aromatic N) is 1. The van der Waals surface area contributed by atoms with E-state index in [-0.39, 0.29) is 5.82 Å². The molecular weight excluding hydrogens is 369 g/mol. The first-order valence-corrected chi connectivity index (χ1v) is 11.4. The van der Waals surface area contributed by atoms with E-state index in [9.17, 15) is 4.39 Å². The van der Waals surface area contributed by atoms with Gasteiger partial charge in [0, 0.05) is 22.4 Å². The molecule has 0 bridgehead atoms. The van der Waals surface area contributed by atoms with Crippen molar-refractivity contribution >= 4 is 11.8 Å². The number of hydrogen-bond acceptors (Lipinski definition) is 3. The average molecular weight is 396 g/mol. The molecular formula is C24H26FNOS. The van der Waals surface area contributed by atoms with Crippen LogP contribution in [0.15, 0.2) is 57.8 Å². The maximum atomic E-state index is 13.4. The Balaban J connectivity index is 1.63. The van der Waals surface area contributed by atoms with E-state index in [1.807, 2.05) is 0 Å². The van der Waals surface area contributed by atoms with Crippen LogP contribution < -0.4 is 0 Å². The minimum atomic E-state index is -0.240. The number of aromatic nitrogens is 1. The molecule has 1 heterocycles. The van der Waals surface area contributed by atoms with Crippen LogP contribution in [0, 0.1) is 11.7 Å². The van der Waals surface area contributed by atoms with Crippen LogP contribution in [0.4, 0.5) is 4.39 Å². The van der Waals surface area contributed by atoms with Crippen molar-refractivity contribution in [3.8, 4) is 22.6 Å². The van der Waals surface area contributed by atoms with Crippen LogP contribution in [0.2, 0.25) is 0 Å². The third kappa shape index (κ3) is 4.49. The monoisotopic (exact) mass is 395 g/mol. The van der Waals surface area contributed by atoms with Gasteiger partial charge in [0.25, 0.3) is 0 Å². The second-order valence-corrected chi connectivity index (χ2v) is 8.44. The van der Waals surface area contributed by atoms with Crippen LogP contribution in [0.3, 0.4) is 0 Å². The zero-order chi connectivity index (χ0) is 19.3. The summed E-state index contributed by atoms with van der Waals surface area (Å²) in [7, 11) is 0. The maximum absolute atomic E-state index is 13.4. The number of benzene rings is 2. The molecule has 0 radical (unpaired) electrons. The summed E-state index contributed by atoms with van der Waals surface area (Å²) >= 11 is 1.72. The molecule has 0 N–H and O–H groups in total. The number of aryl methyl sites for hydroxylation is 1. The van der Waals surface area contributed by atoms with Crippen molar-refractivity contribution in [3.63, 3.8) is 0 Å². The van der Waals surface area contributed by atoms with Crippen LogP contribution in [-0.2, 0) is 6.42 Å². The molecule has 4 rings (SSSR count). The summed E-state index contributed by atoms with van der Waals surface area (Å²) in [6.07, 6.45) is 10.8. The molecule has 0 amide bonds. The Labute approximate surface area is 170 Å². The Kier molecular flexibility index (Phi) is 6.16. The summed E-state index contributed by atoms with van der Waals surface area (Å²) in [5.74, 6) is 2.11. The van der Waals surface area contributed by atoms with Crippen molar-refractivity contribution < 1.29 is 8.81 Å². The van der Waals surface area contributed by atoms with E-state index < -0.39 is 0 Å². The molecule has 1 aromatic heterocycles. The summed E-state index contributed by atoms with van der Waals surface area (Å²) in [6, 6.07) is 14.8. The highest BCUT2D eigenvalue weighted by atomic mass is 32.2. The van der Waals surface area contributed by atoms with E-state index in [1.165, 1.54) is 49.1 Å². The fourth-order valence-corrected chi connectivity index (χ4v) is 4.42. The Morgan fingerprint density at radius 3 is 2.32 bits per heavy atom. The number of rotatable bonds is 6. The lowest BCUT2D eigenvalue weighted by Crippen LogP contribution is -2.07. The van der Waals surface area contributed by atoms with Gasteiger partial charge < -0.3 is 4.42 Å². The molecule has 2 aromatic carbocycles. The summed E-state index contributed by atoms with van der Waals surface area (Å²) in [6.45, 7) is 0. The third-order valence-electron chi connectivity index (χ3n) is 5.63. The molecule has 4 heteroatoms. The average Bonchev–Trinajstić information content (AvgIpc) is 3.18. The van der Waals surface area contributed by atoms with E-state index in [2.05, 4.69) is 30.5 Å². The zero-order valence-electron chi connectivity index (χ0n) is 16.3. The van der Waals surface area contributed by atoms with Crippen LogP contribution in [0.5, 0.6) is 0 Å². The van der Waals surface area contributed by atoms with Gasteiger partial charge in [0.1, 0.15) is 11.5 Å². The lowest BCUT2D eigenvalue weighted by Gasteiger charge is -2.20. The summed E-state index contributed by atoms with van der Waals surface area (Å²) in [5, 5.41) is 0. The fourth-order valence-electron chi connectivity index (χ4n) is 4.02. The second kappa shape index (κ2) is 8.95. The van der Waals surface area contributed by atoms with Crippen molar-refractivity contribution in [1.29, 1.82) is 0 Å². The third-order valence-corrected chi connectivity index (χ3v) is 6.38. The molecule has 1 aliphatic rings. The first-order chi connectivity index (χ1) is 13.7. The molecule has 0 spiro atoms. The van der Waals surface area contributed by atoms with Gasteiger partial charge in [-0.25, -0.2) is 9.37 Å². The molecule has 3 aromatic rings. The SMILES string of the molecule is CSc1ccc(-c2oc(CCC3CCCCC3)nc2-c2ccc(F)cc2)cc1. The van der Waals surface area contributed by atoms with Crippen molar-refractivity contribution in [2.24, 2.45) is 5.92 Å². The van der Waals surface area contributed by atoms with E-state index in [0.717, 1.165) is 47.2 Å². The molecule has 2 nitrogen and oxygen atoms in total. The van der Waals surface area contributed by atoms with Crippen LogP contribution >= 0.6 is 11.8 Å². The summed E-state index contributed by atoms with van der Waals surface area (Å²) in [5.41, 5.74) is 2.70. The molecule has 0 unspecified atom stereocenters. The van der Waals surface area contributed by atoms with Gasteiger partial charge in [-0.1, -0.05) is 44.2 Å². The standard InChI is InChI=1S/C24H26FNOS/c1-28-21-14-10-19(11-15-21)24-23(18-8-12-20(25)13-9-18)26-22(27-24)16-7-17-5-3-2-4-6-17/h8-15,17H,2-7,16H2,1H3. The van der Waals surface area contributed by atoms with E-state index in [0.29, 0.717) is 0 Å². The zero-order valence-corrected chi connectivity index (χ0v) is 17.1. The highest BCUT2D eigenvalue weighted by molar-refractivity contribution is 7.98. The molecule has 0 saturated heterocycles. The smallest absolute Gasteiger partial charge is 0.195 e. The van der Waals surface area contributed by atoms with Gasteiger partial charge >= 0.3 is 0 Å². The van der Waals surface area contributed by atoms with E-state index in [1.54, 1.807) is 23.9 Å². The van der Waals surface area contributed by atoms with Gasteiger partial charge in [0.05, 0.1) is 0 Å². The van der Waals surface area contributed by atoms with Gasteiger partial charge in [0.15, 0.2) is 11.7 Å². The van der Waals surface area contributed by atoms with Gasteiger partial charge in [-0.2, -0.15) is 0 Å². The number of halogens is 1. The van der Waals surface area contributed by atoms with Crippen molar-refractivity contribution in [2.75, 3.05) is 6.26 Å². The highest BCUT2D eigenvalue weighted by Gasteiger charge is 2.19. The lowest BCUT2D eigenvalue weighted by atomic mass is 9.86. The van der Waals surface area contributed by atoms with Crippen LogP contribution in [0.25, 0.3) is 22.6 Å². The predicted octanol–water partition coefficient (Wildman–Crippen LogP) is 7.38. The van der Waals surface area contributed by atoms with Crippen molar-refractivity contribution in [2.45, 2.75) is 49.8 Å². The molecule has 0 atom stereocenters. The molecule has 146 valence electrons. The van der Waals surface area contributed by atoms with Gasteiger partial charge in [-0.15, -0.1) is 11.8 Å². The quantitative estimate of drug-likeness (QED) is 0.407.